The van der Waals surface area contributed by atoms with Crippen molar-refractivity contribution in [1.82, 2.24) is 0 Å². The van der Waals surface area contributed by atoms with E-state index >= 15 is 0 Å². The first-order valence-electron chi connectivity index (χ1n) is 10.4. The highest BCUT2D eigenvalue weighted by Crippen LogP contribution is 2.38. The van der Waals surface area contributed by atoms with Gasteiger partial charge >= 0.3 is 5.97 Å². The Balaban J connectivity index is 2.72. The van der Waals surface area contributed by atoms with Gasteiger partial charge in [-0.05, 0) is 56.4 Å². The van der Waals surface area contributed by atoms with E-state index in [-0.39, 0.29) is 29.8 Å². The number of esters is 1. The molecule has 1 aliphatic rings. The molecule has 1 aliphatic carbocycles. The van der Waals surface area contributed by atoms with Crippen LogP contribution in [0.3, 0.4) is 0 Å². The largest absolute Gasteiger partial charge is 0.469 e. The normalized spacial score (nSPS) is 26.7. The Morgan fingerprint density at radius 3 is 2.80 bits per heavy atom. The van der Waals surface area contributed by atoms with Gasteiger partial charge in [-0.1, -0.05) is 54.0 Å². The minimum Gasteiger partial charge on any atom is -0.469 e. The lowest BCUT2D eigenvalue weighted by atomic mass is 9.88. The molecule has 0 aromatic rings. The number of aliphatic hydroxyl groups is 2. The molecule has 7 nitrogen and oxygen atoms in total. The Bertz CT molecular complexity index is 669. The van der Waals surface area contributed by atoms with Crippen molar-refractivity contribution in [2.24, 2.45) is 22.9 Å². The van der Waals surface area contributed by atoms with E-state index in [0.29, 0.717) is 37.1 Å². The van der Waals surface area contributed by atoms with E-state index < -0.39 is 12.2 Å². The Morgan fingerprint density at radius 1 is 1.43 bits per heavy atom. The van der Waals surface area contributed by atoms with Gasteiger partial charge < -0.3 is 14.9 Å². The van der Waals surface area contributed by atoms with Crippen molar-refractivity contribution in [2.75, 3.05) is 7.11 Å². The maximum absolute atomic E-state index is 11.1. The predicted octanol–water partition coefficient (Wildman–Crippen LogP) is 5.04. The van der Waals surface area contributed by atoms with Gasteiger partial charge in [0.05, 0.1) is 19.3 Å². The van der Waals surface area contributed by atoms with Gasteiger partial charge in [0.1, 0.15) is 0 Å². The second-order valence-electron chi connectivity index (χ2n) is 7.87. The molecule has 168 valence electrons. The van der Waals surface area contributed by atoms with Gasteiger partial charge in [-0.3, -0.25) is 4.79 Å². The maximum atomic E-state index is 11.1. The minimum absolute atomic E-state index is 0.00502. The standard InChI is InChI=1S/C22H34ClN3O4/c1-15(10-11-16(2)23)20(27)13-12-18-17(19(25-26-24)14-21(18)28)8-6-4-5-7-9-22(29)30-3/h4,6,11-13,15,17-21,27-28H,5,7-10,14H2,1-3H3/t15?,17-,18-,19+,20-,21-/m1/s1. The van der Waals surface area contributed by atoms with Gasteiger partial charge in [-0.15, -0.1) is 0 Å². The summed E-state index contributed by atoms with van der Waals surface area (Å²) in [5, 5.41) is 25.5. The van der Waals surface area contributed by atoms with E-state index in [1.807, 2.05) is 31.2 Å². The summed E-state index contributed by atoms with van der Waals surface area (Å²) in [5.41, 5.74) is 8.87. The molecule has 0 heterocycles. The molecule has 0 saturated heterocycles. The zero-order chi connectivity index (χ0) is 22.5. The van der Waals surface area contributed by atoms with Gasteiger partial charge in [-0.25, -0.2) is 0 Å². The summed E-state index contributed by atoms with van der Waals surface area (Å²) >= 11 is 5.85. The van der Waals surface area contributed by atoms with Crippen molar-refractivity contribution in [3.05, 3.63) is 45.9 Å². The number of hydrogen-bond acceptors (Lipinski definition) is 5. The van der Waals surface area contributed by atoms with E-state index in [4.69, 9.17) is 17.1 Å². The highest BCUT2D eigenvalue weighted by atomic mass is 35.5. The van der Waals surface area contributed by atoms with Crippen LogP contribution in [0.5, 0.6) is 0 Å². The number of nitrogens with zero attached hydrogens (tertiary/aromatic N) is 3. The number of halogens is 1. The predicted molar refractivity (Wildman–Crippen MR) is 119 cm³/mol. The van der Waals surface area contributed by atoms with E-state index in [1.165, 1.54) is 7.11 Å². The van der Waals surface area contributed by atoms with Gasteiger partial charge in [-0.2, -0.15) is 0 Å². The number of azide groups is 1. The number of unbranched alkanes of at least 4 members (excludes halogenated alkanes) is 1. The Morgan fingerprint density at radius 2 is 2.17 bits per heavy atom. The lowest BCUT2D eigenvalue weighted by Gasteiger charge is -2.21. The number of carbonyl (C=O) groups is 1. The van der Waals surface area contributed by atoms with Crippen LogP contribution < -0.4 is 0 Å². The molecule has 0 spiro atoms. The fraction of sp³-hybridized carbons (Fsp3) is 0.682. The fourth-order valence-electron chi connectivity index (χ4n) is 3.66. The van der Waals surface area contributed by atoms with Crippen LogP contribution in [0.15, 0.2) is 40.5 Å². The maximum Gasteiger partial charge on any atom is 0.305 e. The number of carbonyl (C=O) groups excluding carboxylic acids is 1. The Labute approximate surface area is 184 Å². The molecule has 8 heteroatoms. The SMILES string of the molecule is COC(=O)CCCC=CC[C@@H]1[C@@H](C=C[C@@H](O)C(C)CC=C(C)Cl)[C@H](O)C[C@@H]1N=[N+]=[N-]. The molecule has 0 amide bonds. The molecule has 0 bridgehead atoms. The molecular formula is C22H34ClN3O4. The zero-order valence-corrected chi connectivity index (χ0v) is 18.8. The van der Waals surface area contributed by atoms with Crippen LogP contribution in [-0.4, -0.2) is 41.5 Å². The molecule has 0 aromatic carbocycles. The minimum atomic E-state index is -0.655. The number of ether oxygens (including phenoxy) is 1. The first-order chi connectivity index (χ1) is 14.3. The molecule has 1 fully saturated rings. The van der Waals surface area contributed by atoms with Crippen molar-refractivity contribution in [3.63, 3.8) is 0 Å². The number of aliphatic hydroxyl groups excluding tert-OH is 2. The number of methoxy groups -OCH3 is 1. The van der Waals surface area contributed by atoms with Crippen LogP contribution in [-0.2, 0) is 9.53 Å². The van der Waals surface area contributed by atoms with Crippen LogP contribution in [0.4, 0.5) is 0 Å². The van der Waals surface area contributed by atoms with Crippen LogP contribution in [0.1, 0.15) is 52.4 Å². The molecule has 0 aliphatic heterocycles. The van der Waals surface area contributed by atoms with Gasteiger partial charge in [0.15, 0.2) is 0 Å². The number of hydrogen-bond donors (Lipinski definition) is 2. The molecule has 1 rings (SSSR count). The fourth-order valence-corrected chi connectivity index (χ4v) is 3.75. The van der Waals surface area contributed by atoms with Crippen LogP contribution in [0.2, 0.25) is 0 Å². The molecule has 2 N–H and O–H groups in total. The molecule has 30 heavy (non-hydrogen) atoms. The molecule has 0 aromatic heterocycles. The topological polar surface area (TPSA) is 116 Å². The summed E-state index contributed by atoms with van der Waals surface area (Å²) in [7, 11) is 1.38. The highest BCUT2D eigenvalue weighted by molar-refractivity contribution is 6.29. The lowest BCUT2D eigenvalue weighted by Crippen LogP contribution is -2.21. The first kappa shape index (κ1) is 26.2. The van der Waals surface area contributed by atoms with Gasteiger partial charge in [0.25, 0.3) is 0 Å². The van der Waals surface area contributed by atoms with Gasteiger partial charge in [0.2, 0.25) is 0 Å². The quantitative estimate of drug-likeness (QED) is 0.111. The Kier molecular flexibility index (Phi) is 12.5. The summed E-state index contributed by atoms with van der Waals surface area (Å²) in [6, 6.07) is -0.296. The van der Waals surface area contributed by atoms with Crippen molar-refractivity contribution < 1.29 is 19.7 Å². The smallest absolute Gasteiger partial charge is 0.305 e. The number of rotatable bonds is 12. The van der Waals surface area contributed by atoms with Gasteiger partial charge in [0, 0.05) is 28.3 Å². The molecular weight excluding hydrogens is 406 g/mol. The van der Waals surface area contributed by atoms with Crippen LogP contribution in [0.25, 0.3) is 10.4 Å². The second kappa shape index (κ2) is 14.3. The lowest BCUT2D eigenvalue weighted by molar-refractivity contribution is -0.140. The Hall–Kier alpha value is -1.79. The molecule has 0 radical (unpaired) electrons. The summed E-state index contributed by atoms with van der Waals surface area (Å²) in [6.07, 6.45) is 11.7. The summed E-state index contributed by atoms with van der Waals surface area (Å²) in [5.74, 6) is -0.473. The highest BCUT2D eigenvalue weighted by Gasteiger charge is 2.40. The van der Waals surface area contributed by atoms with Crippen molar-refractivity contribution >= 4 is 17.6 Å². The third kappa shape index (κ3) is 9.35. The third-order valence-electron chi connectivity index (χ3n) is 5.55. The zero-order valence-electron chi connectivity index (χ0n) is 18.0. The van der Waals surface area contributed by atoms with E-state index in [0.717, 1.165) is 6.42 Å². The van der Waals surface area contributed by atoms with Crippen molar-refractivity contribution in [3.8, 4) is 0 Å². The monoisotopic (exact) mass is 439 g/mol. The average molecular weight is 440 g/mol. The summed E-state index contributed by atoms with van der Waals surface area (Å²) < 4.78 is 4.62. The van der Waals surface area contributed by atoms with Crippen LogP contribution in [0, 0.1) is 17.8 Å². The van der Waals surface area contributed by atoms with E-state index in [1.54, 1.807) is 13.0 Å². The van der Waals surface area contributed by atoms with Crippen molar-refractivity contribution in [2.45, 2.75) is 70.6 Å². The number of allylic oxidation sites excluding steroid dienone is 4. The molecule has 1 saturated carbocycles. The summed E-state index contributed by atoms with van der Waals surface area (Å²) in [6.45, 7) is 3.74. The average Bonchev–Trinajstić information content (AvgIpc) is 3.00. The molecule has 1 unspecified atom stereocenters. The molecule has 6 atom stereocenters. The third-order valence-corrected chi connectivity index (χ3v) is 5.71. The van der Waals surface area contributed by atoms with E-state index in [2.05, 4.69) is 14.8 Å². The summed E-state index contributed by atoms with van der Waals surface area (Å²) in [4.78, 5) is 14.1. The van der Waals surface area contributed by atoms with Crippen molar-refractivity contribution in [1.29, 1.82) is 0 Å². The van der Waals surface area contributed by atoms with E-state index in [9.17, 15) is 15.0 Å². The van der Waals surface area contributed by atoms with Crippen LogP contribution >= 0.6 is 11.6 Å². The second-order valence-corrected chi connectivity index (χ2v) is 8.47. The first-order valence-corrected chi connectivity index (χ1v) is 10.8.